The Kier molecular flexibility index (Phi) is 4.36. The second-order valence-corrected chi connectivity index (χ2v) is 6.71. The van der Waals surface area contributed by atoms with E-state index in [1.807, 2.05) is 19.9 Å². The number of benzene rings is 2. The Morgan fingerprint density at radius 3 is 2.50 bits per heavy atom. The van der Waals surface area contributed by atoms with Crippen LogP contribution in [0.4, 0.5) is 19.1 Å². The fraction of sp³-hybridized carbons (Fsp3) is 0.263. The normalized spacial score (nSPS) is 12.2. The molecule has 0 saturated heterocycles. The molecule has 0 radical (unpaired) electrons. The van der Waals surface area contributed by atoms with Crippen LogP contribution >= 0.6 is 0 Å². The summed E-state index contributed by atoms with van der Waals surface area (Å²) >= 11 is 0. The summed E-state index contributed by atoms with van der Waals surface area (Å²) in [6, 6.07) is 12.7. The van der Waals surface area contributed by atoms with Gasteiger partial charge in [0, 0.05) is 12.0 Å². The minimum absolute atomic E-state index is 0.371. The van der Waals surface area contributed by atoms with Crippen LogP contribution in [-0.2, 0) is 11.6 Å². The Bertz CT molecular complexity index is 980. The van der Waals surface area contributed by atoms with E-state index in [-0.39, 0.29) is 0 Å². The maximum absolute atomic E-state index is 12.9. The molecule has 0 fully saturated rings. The lowest BCUT2D eigenvalue weighted by atomic mass is 9.84. The van der Waals surface area contributed by atoms with Gasteiger partial charge >= 0.3 is 6.18 Å². The van der Waals surface area contributed by atoms with Crippen LogP contribution in [-0.4, -0.2) is 16.5 Å². The third-order valence-corrected chi connectivity index (χ3v) is 4.30. The number of nitrogens with zero attached hydrogens (tertiary/aromatic N) is 2. The summed E-state index contributed by atoms with van der Waals surface area (Å²) in [6.07, 6.45) is -4.37. The molecule has 3 rings (SSSR count). The quantitative estimate of drug-likeness (QED) is 0.701. The standard InChI is InChI=1S/C19H17F3N4/c1-18(2,13-6-4-7-14(9-13)19(20,21)22)11-24-17-25-15-8-3-5-12(10-23)16(15)26-17/h3-9H,11H2,1-2H3,(H2,24,25,26). The second-order valence-electron chi connectivity index (χ2n) is 6.71. The Morgan fingerprint density at radius 1 is 1.12 bits per heavy atom. The first kappa shape index (κ1) is 17.8. The summed E-state index contributed by atoms with van der Waals surface area (Å²) in [7, 11) is 0. The molecule has 0 bridgehead atoms. The maximum atomic E-state index is 12.9. The highest BCUT2D eigenvalue weighted by Gasteiger charge is 2.32. The van der Waals surface area contributed by atoms with E-state index >= 15 is 0 Å². The number of fused-ring (bicyclic) bond motifs is 1. The molecule has 1 aromatic heterocycles. The molecular weight excluding hydrogens is 341 g/mol. The minimum Gasteiger partial charge on any atom is -0.355 e. The molecule has 0 spiro atoms. The molecule has 26 heavy (non-hydrogen) atoms. The summed E-state index contributed by atoms with van der Waals surface area (Å²) in [5, 5.41) is 12.3. The molecule has 0 amide bonds. The first-order valence-electron chi connectivity index (χ1n) is 8.01. The molecule has 0 aliphatic carbocycles. The molecular formula is C19H17F3N4. The molecule has 3 aromatic rings. The number of rotatable bonds is 4. The fourth-order valence-corrected chi connectivity index (χ4v) is 2.73. The van der Waals surface area contributed by atoms with Crippen LogP contribution in [0, 0.1) is 11.3 Å². The molecule has 2 N–H and O–H groups in total. The summed E-state index contributed by atoms with van der Waals surface area (Å²) in [4.78, 5) is 7.44. The van der Waals surface area contributed by atoms with Crippen LogP contribution in [0.15, 0.2) is 42.5 Å². The predicted octanol–water partition coefficient (Wildman–Crippen LogP) is 4.84. The number of hydrogen-bond acceptors (Lipinski definition) is 3. The topological polar surface area (TPSA) is 64.5 Å². The van der Waals surface area contributed by atoms with E-state index in [4.69, 9.17) is 5.26 Å². The van der Waals surface area contributed by atoms with E-state index in [0.29, 0.717) is 29.1 Å². The lowest BCUT2D eigenvalue weighted by molar-refractivity contribution is -0.137. The van der Waals surface area contributed by atoms with Crippen molar-refractivity contribution in [2.45, 2.75) is 25.4 Å². The van der Waals surface area contributed by atoms with E-state index < -0.39 is 17.2 Å². The molecule has 0 aliphatic rings. The van der Waals surface area contributed by atoms with Gasteiger partial charge < -0.3 is 10.3 Å². The SMILES string of the molecule is CC(C)(CNc1nc2c(C#N)cccc2[nH]1)c1cccc(C(F)(F)F)c1. The Hall–Kier alpha value is -3.01. The number of para-hydroxylation sites is 1. The number of H-pyrrole nitrogens is 1. The summed E-state index contributed by atoms with van der Waals surface area (Å²) in [6.45, 7) is 4.09. The molecule has 7 heteroatoms. The zero-order valence-electron chi connectivity index (χ0n) is 14.3. The molecule has 2 aromatic carbocycles. The van der Waals surface area contributed by atoms with Gasteiger partial charge in [0.15, 0.2) is 0 Å². The molecule has 1 heterocycles. The third-order valence-electron chi connectivity index (χ3n) is 4.30. The smallest absolute Gasteiger partial charge is 0.355 e. The van der Waals surface area contributed by atoms with E-state index in [9.17, 15) is 13.2 Å². The molecule has 4 nitrogen and oxygen atoms in total. The van der Waals surface area contributed by atoms with E-state index in [0.717, 1.165) is 11.6 Å². The second kappa shape index (κ2) is 6.37. The number of nitriles is 1. The summed E-state index contributed by atoms with van der Waals surface area (Å²) in [5.41, 5.74) is 1.11. The summed E-state index contributed by atoms with van der Waals surface area (Å²) in [5.74, 6) is 0.475. The number of hydrogen-bond donors (Lipinski definition) is 2. The van der Waals surface area contributed by atoms with Gasteiger partial charge in [0.05, 0.1) is 16.6 Å². The Balaban J connectivity index is 1.82. The number of imidazole rings is 1. The number of nitrogens with one attached hydrogen (secondary N) is 2. The van der Waals surface area contributed by atoms with Gasteiger partial charge in [-0.15, -0.1) is 0 Å². The zero-order valence-corrected chi connectivity index (χ0v) is 14.3. The third kappa shape index (κ3) is 3.49. The van der Waals surface area contributed by atoms with E-state index in [1.54, 1.807) is 18.2 Å². The van der Waals surface area contributed by atoms with Crippen LogP contribution < -0.4 is 5.32 Å². The number of aromatic nitrogens is 2. The number of alkyl halides is 3. The largest absolute Gasteiger partial charge is 0.416 e. The van der Waals surface area contributed by atoms with Gasteiger partial charge in [0.1, 0.15) is 11.6 Å². The van der Waals surface area contributed by atoms with Crippen LogP contribution in [0.5, 0.6) is 0 Å². The van der Waals surface area contributed by atoms with Gasteiger partial charge in [-0.05, 0) is 23.8 Å². The first-order chi connectivity index (χ1) is 12.2. The lowest BCUT2D eigenvalue weighted by Crippen LogP contribution is -2.28. The molecule has 0 saturated carbocycles. The first-order valence-corrected chi connectivity index (χ1v) is 8.01. The highest BCUT2D eigenvalue weighted by Crippen LogP contribution is 2.33. The van der Waals surface area contributed by atoms with Crippen LogP contribution in [0.1, 0.15) is 30.5 Å². The van der Waals surface area contributed by atoms with Gasteiger partial charge in [-0.2, -0.15) is 18.4 Å². The fourth-order valence-electron chi connectivity index (χ4n) is 2.73. The maximum Gasteiger partial charge on any atom is 0.416 e. The molecule has 0 aliphatic heterocycles. The van der Waals surface area contributed by atoms with Crippen molar-refractivity contribution in [2.75, 3.05) is 11.9 Å². The van der Waals surface area contributed by atoms with Crippen LogP contribution in [0.2, 0.25) is 0 Å². The van der Waals surface area contributed by atoms with Gasteiger partial charge in [0.2, 0.25) is 5.95 Å². The van der Waals surface area contributed by atoms with Crippen LogP contribution in [0.25, 0.3) is 11.0 Å². The van der Waals surface area contributed by atoms with Crippen molar-refractivity contribution in [1.82, 2.24) is 9.97 Å². The highest BCUT2D eigenvalue weighted by molar-refractivity contribution is 5.83. The van der Waals surface area contributed by atoms with Crippen molar-refractivity contribution in [1.29, 1.82) is 5.26 Å². The average molecular weight is 358 g/mol. The number of halogens is 3. The Morgan fingerprint density at radius 2 is 1.81 bits per heavy atom. The van der Waals surface area contributed by atoms with Crippen molar-refractivity contribution in [2.24, 2.45) is 0 Å². The molecule has 134 valence electrons. The summed E-state index contributed by atoms with van der Waals surface area (Å²) < 4.78 is 38.8. The van der Waals surface area contributed by atoms with Gasteiger partial charge in [-0.1, -0.05) is 38.1 Å². The minimum atomic E-state index is -4.37. The predicted molar refractivity (Wildman–Crippen MR) is 93.8 cm³/mol. The molecule has 0 unspecified atom stereocenters. The average Bonchev–Trinajstić information content (AvgIpc) is 3.02. The van der Waals surface area contributed by atoms with Crippen molar-refractivity contribution in [3.63, 3.8) is 0 Å². The number of aromatic amines is 1. The van der Waals surface area contributed by atoms with Gasteiger partial charge in [0.25, 0.3) is 0 Å². The van der Waals surface area contributed by atoms with E-state index in [1.165, 1.54) is 12.1 Å². The molecule has 0 atom stereocenters. The van der Waals surface area contributed by atoms with E-state index in [2.05, 4.69) is 21.4 Å². The number of anilines is 1. The van der Waals surface area contributed by atoms with Crippen molar-refractivity contribution >= 4 is 17.0 Å². The van der Waals surface area contributed by atoms with Gasteiger partial charge in [-0.25, -0.2) is 4.98 Å². The highest BCUT2D eigenvalue weighted by atomic mass is 19.4. The van der Waals surface area contributed by atoms with Crippen molar-refractivity contribution in [3.05, 3.63) is 59.2 Å². The van der Waals surface area contributed by atoms with Crippen molar-refractivity contribution in [3.8, 4) is 6.07 Å². The van der Waals surface area contributed by atoms with Crippen LogP contribution in [0.3, 0.4) is 0 Å². The monoisotopic (exact) mass is 358 g/mol. The van der Waals surface area contributed by atoms with Crippen molar-refractivity contribution < 1.29 is 13.2 Å². The Labute approximate surface area is 148 Å². The lowest BCUT2D eigenvalue weighted by Gasteiger charge is -2.26. The van der Waals surface area contributed by atoms with Gasteiger partial charge in [-0.3, -0.25) is 0 Å². The zero-order chi connectivity index (χ0) is 18.9.